The molecule has 32 heavy (non-hydrogen) atoms. The molecule has 0 unspecified atom stereocenters. The normalized spacial score (nSPS) is 10.4. The van der Waals surface area contributed by atoms with Crippen molar-refractivity contribution in [2.45, 2.75) is 13.8 Å². The molecule has 4 aromatic carbocycles. The van der Waals surface area contributed by atoms with Gasteiger partial charge >= 0.3 is 0 Å². The van der Waals surface area contributed by atoms with Gasteiger partial charge in [0.1, 0.15) is 0 Å². The summed E-state index contributed by atoms with van der Waals surface area (Å²) in [6.07, 6.45) is 0. The maximum Gasteiger partial charge on any atom is 0.255 e. The highest BCUT2D eigenvalue weighted by Gasteiger charge is 2.18. The Bertz CT molecular complexity index is 1160. The summed E-state index contributed by atoms with van der Waals surface area (Å²) in [5, 5.41) is 6.11. The van der Waals surface area contributed by atoms with Crippen molar-refractivity contribution in [3.63, 3.8) is 0 Å². The highest BCUT2D eigenvalue weighted by molar-refractivity contribution is 6.10. The van der Waals surface area contributed by atoms with Gasteiger partial charge in [-0.05, 0) is 61.4 Å². The van der Waals surface area contributed by atoms with Crippen LogP contribution in [0.3, 0.4) is 0 Å². The summed E-state index contributed by atoms with van der Waals surface area (Å²) in [7, 11) is 0. The summed E-state index contributed by atoms with van der Waals surface area (Å²) in [5.74, 6) is -0.359. The summed E-state index contributed by atoms with van der Waals surface area (Å²) in [4.78, 5) is 25.7. The number of benzene rings is 4. The molecule has 0 saturated heterocycles. The molecule has 4 nitrogen and oxygen atoms in total. The molecule has 0 bridgehead atoms. The monoisotopic (exact) mass is 420 g/mol. The number of nitrogens with one attached hydrogen (secondary N) is 2. The topological polar surface area (TPSA) is 58.2 Å². The average molecular weight is 421 g/mol. The highest BCUT2D eigenvalue weighted by atomic mass is 16.2. The zero-order chi connectivity index (χ0) is 22.5. The lowest BCUT2D eigenvalue weighted by atomic mass is 9.93. The van der Waals surface area contributed by atoms with E-state index in [9.17, 15) is 9.59 Å². The highest BCUT2D eigenvalue weighted by Crippen LogP contribution is 2.39. The van der Waals surface area contributed by atoms with E-state index >= 15 is 0 Å². The third-order valence-corrected chi connectivity index (χ3v) is 5.36. The third kappa shape index (κ3) is 4.44. The van der Waals surface area contributed by atoms with Crippen molar-refractivity contribution in [1.82, 2.24) is 0 Å². The quantitative estimate of drug-likeness (QED) is 0.388. The summed E-state index contributed by atoms with van der Waals surface area (Å²) in [6.45, 7) is 4.01. The molecule has 0 saturated carbocycles. The summed E-state index contributed by atoms with van der Waals surface area (Å²) < 4.78 is 0. The average Bonchev–Trinajstić information content (AvgIpc) is 2.81. The molecule has 0 aromatic heterocycles. The Morgan fingerprint density at radius 1 is 0.500 bits per heavy atom. The Morgan fingerprint density at radius 3 is 1.25 bits per heavy atom. The minimum Gasteiger partial charge on any atom is -0.321 e. The van der Waals surface area contributed by atoms with E-state index < -0.39 is 0 Å². The molecule has 0 heterocycles. The summed E-state index contributed by atoms with van der Waals surface area (Å²) in [5.41, 5.74) is 6.34. The zero-order valence-corrected chi connectivity index (χ0v) is 18.1. The van der Waals surface area contributed by atoms with Crippen LogP contribution < -0.4 is 10.6 Å². The molecule has 0 fully saturated rings. The molecule has 4 aromatic rings. The van der Waals surface area contributed by atoms with Crippen LogP contribution in [-0.2, 0) is 0 Å². The molecule has 0 radical (unpaired) electrons. The van der Waals surface area contributed by atoms with Crippen LogP contribution in [0.15, 0.2) is 97.1 Å². The third-order valence-electron chi connectivity index (χ3n) is 5.36. The maximum atomic E-state index is 12.9. The van der Waals surface area contributed by atoms with Crippen LogP contribution in [0, 0.1) is 13.8 Å². The SMILES string of the molecule is Cc1cccc(NC(=O)c2ccccc2)c1-c1c(C)cccc1NC(=O)c1ccccc1. The number of anilines is 2. The molecule has 0 spiro atoms. The smallest absolute Gasteiger partial charge is 0.255 e. The van der Waals surface area contributed by atoms with Crippen molar-refractivity contribution in [3.05, 3.63) is 119 Å². The van der Waals surface area contributed by atoms with Crippen molar-refractivity contribution in [2.24, 2.45) is 0 Å². The van der Waals surface area contributed by atoms with Gasteiger partial charge in [0, 0.05) is 33.6 Å². The van der Waals surface area contributed by atoms with Crippen LogP contribution in [0.1, 0.15) is 31.8 Å². The first-order chi connectivity index (χ1) is 15.5. The Labute approximate surface area is 187 Å². The van der Waals surface area contributed by atoms with Gasteiger partial charge in [-0.15, -0.1) is 0 Å². The van der Waals surface area contributed by atoms with Crippen molar-refractivity contribution >= 4 is 23.2 Å². The van der Waals surface area contributed by atoms with Gasteiger partial charge < -0.3 is 10.6 Å². The number of rotatable bonds is 5. The summed E-state index contributed by atoms with van der Waals surface area (Å²) in [6, 6.07) is 29.9. The first-order valence-electron chi connectivity index (χ1n) is 10.5. The van der Waals surface area contributed by atoms with Crippen LogP contribution in [0.5, 0.6) is 0 Å². The molecule has 2 amide bonds. The molecule has 2 N–H and O–H groups in total. The van der Waals surface area contributed by atoms with Gasteiger partial charge in [0.05, 0.1) is 0 Å². The number of carbonyl (C=O) groups is 2. The second-order valence-corrected chi connectivity index (χ2v) is 7.64. The van der Waals surface area contributed by atoms with E-state index in [0.29, 0.717) is 22.5 Å². The Hall–Kier alpha value is -4.18. The lowest BCUT2D eigenvalue weighted by molar-refractivity contribution is 0.101. The van der Waals surface area contributed by atoms with Crippen LogP contribution in [0.4, 0.5) is 11.4 Å². The van der Waals surface area contributed by atoms with Crippen molar-refractivity contribution in [3.8, 4) is 11.1 Å². The second kappa shape index (κ2) is 9.31. The van der Waals surface area contributed by atoms with E-state index in [1.54, 1.807) is 24.3 Å². The van der Waals surface area contributed by atoms with Gasteiger partial charge in [0.15, 0.2) is 0 Å². The Balaban J connectivity index is 1.76. The van der Waals surface area contributed by atoms with Crippen LogP contribution in [0.2, 0.25) is 0 Å². The Morgan fingerprint density at radius 2 is 0.875 bits per heavy atom. The van der Waals surface area contributed by atoms with Gasteiger partial charge in [-0.3, -0.25) is 9.59 Å². The van der Waals surface area contributed by atoms with Gasteiger partial charge in [-0.2, -0.15) is 0 Å². The van der Waals surface area contributed by atoms with E-state index in [-0.39, 0.29) is 11.8 Å². The minimum atomic E-state index is -0.180. The fraction of sp³-hybridized carbons (Fsp3) is 0.0714. The molecular formula is C28H24N2O2. The number of amides is 2. The first-order valence-corrected chi connectivity index (χ1v) is 10.5. The van der Waals surface area contributed by atoms with Crippen molar-refractivity contribution in [1.29, 1.82) is 0 Å². The second-order valence-electron chi connectivity index (χ2n) is 7.64. The van der Waals surface area contributed by atoms with Gasteiger partial charge in [-0.25, -0.2) is 0 Å². The molecule has 158 valence electrons. The fourth-order valence-electron chi connectivity index (χ4n) is 3.78. The maximum absolute atomic E-state index is 12.9. The molecule has 0 aliphatic rings. The molecule has 4 heteroatoms. The van der Waals surface area contributed by atoms with E-state index in [0.717, 1.165) is 22.3 Å². The van der Waals surface area contributed by atoms with Crippen molar-refractivity contribution < 1.29 is 9.59 Å². The van der Waals surface area contributed by atoms with Gasteiger partial charge in [-0.1, -0.05) is 60.7 Å². The molecule has 0 atom stereocenters. The first kappa shape index (κ1) is 21.1. The number of aryl methyl sites for hydroxylation is 2. The standard InChI is InChI=1S/C28H24N2O2/c1-19-11-9-17-23(29-27(31)21-13-5-3-6-14-21)25(19)26-20(2)12-10-18-24(26)30-28(32)22-15-7-4-8-16-22/h3-18H,1-2H3,(H,29,31)(H,30,32). The van der Waals surface area contributed by atoms with Crippen LogP contribution in [-0.4, -0.2) is 11.8 Å². The molecular weight excluding hydrogens is 396 g/mol. The molecule has 0 aliphatic heterocycles. The largest absolute Gasteiger partial charge is 0.321 e. The van der Waals surface area contributed by atoms with E-state index in [1.807, 2.05) is 86.6 Å². The summed E-state index contributed by atoms with van der Waals surface area (Å²) >= 11 is 0. The van der Waals surface area contributed by atoms with E-state index in [1.165, 1.54) is 0 Å². The lowest BCUT2D eigenvalue weighted by Gasteiger charge is -2.20. The lowest BCUT2D eigenvalue weighted by Crippen LogP contribution is -2.15. The number of hydrogen-bond acceptors (Lipinski definition) is 2. The van der Waals surface area contributed by atoms with Gasteiger partial charge in [0.2, 0.25) is 0 Å². The zero-order valence-electron chi connectivity index (χ0n) is 18.1. The van der Waals surface area contributed by atoms with Gasteiger partial charge in [0.25, 0.3) is 11.8 Å². The predicted molar refractivity (Wildman–Crippen MR) is 130 cm³/mol. The number of hydrogen-bond donors (Lipinski definition) is 2. The van der Waals surface area contributed by atoms with Crippen LogP contribution in [0.25, 0.3) is 11.1 Å². The number of carbonyl (C=O) groups excluding carboxylic acids is 2. The van der Waals surface area contributed by atoms with Crippen LogP contribution >= 0.6 is 0 Å². The minimum absolute atomic E-state index is 0.180. The van der Waals surface area contributed by atoms with Crippen molar-refractivity contribution in [2.75, 3.05) is 10.6 Å². The Kier molecular flexibility index (Phi) is 6.13. The fourth-order valence-corrected chi connectivity index (χ4v) is 3.78. The molecule has 4 rings (SSSR count). The molecule has 0 aliphatic carbocycles. The van der Waals surface area contributed by atoms with E-state index in [2.05, 4.69) is 10.6 Å². The van der Waals surface area contributed by atoms with E-state index in [4.69, 9.17) is 0 Å². The predicted octanol–water partition coefficient (Wildman–Crippen LogP) is 6.48.